The number of nitrogens with one attached hydrogen (secondary N) is 2. The van der Waals surface area contributed by atoms with Crippen LogP contribution in [0.3, 0.4) is 0 Å². The van der Waals surface area contributed by atoms with Crippen LogP contribution in [0.15, 0.2) is 12.1 Å². The lowest BCUT2D eigenvalue weighted by Crippen LogP contribution is -2.44. The molecule has 0 aliphatic carbocycles. The van der Waals surface area contributed by atoms with E-state index in [1.165, 1.54) is 6.42 Å². The Labute approximate surface area is 107 Å². The molecule has 1 amide bonds. The predicted molar refractivity (Wildman–Crippen MR) is 69.7 cm³/mol. The van der Waals surface area contributed by atoms with Crippen LogP contribution < -0.4 is 15.5 Å². The zero-order chi connectivity index (χ0) is 13.0. The van der Waals surface area contributed by atoms with Crippen LogP contribution in [0, 0.1) is 0 Å². The normalized spacial score (nSPS) is 19.3. The quantitative estimate of drug-likeness (QED) is 0.790. The van der Waals surface area contributed by atoms with Gasteiger partial charge >= 0.3 is 0 Å². The van der Waals surface area contributed by atoms with Gasteiger partial charge in [-0.3, -0.25) is 4.79 Å². The van der Waals surface area contributed by atoms with Crippen molar-refractivity contribution in [3.63, 3.8) is 0 Å². The maximum atomic E-state index is 11.4. The third-order valence-corrected chi connectivity index (χ3v) is 3.29. The topological polar surface area (TPSA) is 70.2 Å². The molecule has 2 rings (SSSR count). The molecule has 1 saturated heterocycles. The largest absolute Gasteiger partial charge is 0.354 e. The highest BCUT2D eigenvalue weighted by Crippen LogP contribution is 2.15. The van der Waals surface area contributed by atoms with E-state index in [4.69, 9.17) is 0 Å². The molecule has 0 saturated carbocycles. The van der Waals surface area contributed by atoms with Gasteiger partial charge in [0.15, 0.2) is 11.5 Å². The summed E-state index contributed by atoms with van der Waals surface area (Å²) in [6.45, 7) is 2.06. The second kappa shape index (κ2) is 5.77. The molecule has 1 aliphatic rings. The second-order valence-electron chi connectivity index (χ2n) is 4.47. The minimum Gasteiger partial charge on any atom is -0.354 e. The van der Waals surface area contributed by atoms with Crippen LogP contribution in [0.1, 0.15) is 23.3 Å². The van der Waals surface area contributed by atoms with Gasteiger partial charge in [0.25, 0.3) is 5.91 Å². The first-order valence-electron chi connectivity index (χ1n) is 6.21. The van der Waals surface area contributed by atoms with E-state index in [1.54, 1.807) is 13.1 Å². The van der Waals surface area contributed by atoms with Gasteiger partial charge in [-0.1, -0.05) is 0 Å². The molecule has 6 nitrogen and oxygen atoms in total. The number of aromatic nitrogens is 2. The van der Waals surface area contributed by atoms with Crippen molar-refractivity contribution >= 4 is 11.7 Å². The van der Waals surface area contributed by atoms with Crippen molar-refractivity contribution < 1.29 is 4.79 Å². The molecule has 1 aromatic rings. The molecule has 0 bridgehead atoms. The molecule has 1 atom stereocenters. The number of anilines is 1. The Balaban J connectivity index is 2.06. The van der Waals surface area contributed by atoms with Crippen molar-refractivity contribution in [1.29, 1.82) is 0 Å². The highest BCUT2D eigenvalue weighted by atomic mass is 16.1. The lowest BCUT2D eigenvalue weighted by molar-refractivity contribution is 0.0957. The predicted octanol–water partition coefficient (Wildman–Crippen LogP) is 0.0244. The van der Waals surface area contributed by atoms with Crippen molar-refractivity contribution in [2.75, 3.05) is 32.1 Å². The summed E-state index contributed by atoms with van der Waals surface area (Å²) in [5.41, 5.74) is 0.344. The maximum Gasteiger partial charge on any atom is 0.271 e. The first kappa shape index (κ1) is 12.8. The number of hydrogen-bond donors (Lipinski definition) is 2. The van der Waals surface area contributed by atoms with E-state index in [0.29, 0.717) is 11.7 Å². The SMILES string of the molecule is CNC(=O)c1ccc(N(C)C2CCCNC2)nn1. The average molecular weight is 249 g/mol. The summed E-state index contributed by atoms with van der Waals surface area (Å²) in [6, 6.07) is 3.99. The van der Waals surface area contributed by atoms with Crippen LogP contribution in [0.2, 0.25) is 0 Å². The number of rotatable bonds is 3. The van der Waals surface area contributed by atoms with Crippen molar-refractivity contribution in [3.05, 3.63) is 17.8 Å². The number of carbonyl (C=O) groups is 1. The van der Waals surface area contributed by atoms with Gasteiger partial charge in [-0.15, -0.1) is 10.2 Å². The standard InChI is InChI=1S/C12H19N5O/c1-13-12(18)10-5-6-11(16-15-10)17(2)9-4-3-7-14-8-9/h5-6,9,14H,3-4,7-8H2,1-2H3,(H,13,18). The Morgan fingerprint density at radius 3 is 2.89 bits per heavy atom. The number of piperidine rings is 1. The second-order valence-corrected chi connectivity index (χ2v) is 4.47. The summed E-state index contributed by atoms with van der Waals surface area (Å²) in [7, 11) is 3.60. The van der Waals surface area contributed by atoms with E-state index >= 15 is 0 Å². The highest BCUT2D eigenvalue weighted by Gasteiger charge is 2.19. The molecule has 1 aromatic heterocycles. The molecule has 1 aliphatic heterocycles. The lowest BCUT2D eigenvalue weighted by Gasteiger charge is -2.32. The van der Waals surface area contributed by atoms with Gasteiger partial charge in [-0.25, -0.2) is 0 Å². The van der Waals surface area contributed by atoms with E-state index in [9.17, 15) is 4.79 Å². The van der Waals surface area contributed by atoms with E-state index in [2.05, 4.69) is 25.7 Å². The van der Waals surface area contributed by atoms with Crippen LogP contribution in [-0.2, 0) is 0 Å². The molecule has 0 aromatic carbocycles. The van der Waals surface area contributed by atoms with E-state index < -0.39 is 0 Å². The number of likely N-dealkylation sites (N-methyl/N-ethyl adjacent to an activating group) is 1. The number of nitrogens with zero attached hydrogens (tertiary/aromatic N) is 3. The maximum absolute atomic E-state index is 11.4. The van der Waals surface area contributed by atoms with Gasteiger partial charge in [0, 0.05) is 26.7 Å². The van der Waals surface area contributed by atoms with Crippen molar-refractivity contribution in [2.45, 2.75) is 18.9 Å². The number of hydrogen-bond acceptors (Lipinski definition) is 5. The third kappa shape index (κ3) is 2.76. The first-order chi connectivity index (χ1) is 8.72. The molecular weight excluding hydrogens is 230 g/mol. The van der Waals surface area contributed by atoms with Crippen LogP contribution in [0.25, 0.3) is 0 Å². The molecule has 2 N–H and O–H groups in total. The Bertz CT molecular complexity index is 399. The molecule has 98 valence electrons. The van der Waals surface area contributed by atoms with Gasteiger partial charge in [0.1, 0.15) is 0 Å². The first-order valence-corrected chi connectivity index (χ1v) is 6.21. The zero-order valence-corrected chi connectivity index (χ0v) is 10.8. The average Bonchev–Trinajstić information content (AvgIpc) is 2.47. The van der Waals surface area contributed by atoms with Gasteiger partial charge in [-0.2, -0.15) is 0 Å². The van der Waals surface area contributed by atoms with Gasteiger partial charge in [0.05, 0.1) is 0 Å². The summed E-state index contributed by atoms with van der Waals surface area (Å²) >= 11 is 0. The van der Waals surface area contributed by atoms with Crippen molar-refractivity contribution in [1.82, 2.24) is 20.8 Å². The van der Waals surface area contributed by atoms with Crippen molar-refractivity contribution in [3.8, 4) is 0 Å². The summed E-state index contributed by atoms with van der Waals surface area (Å²) in [5, 5.41) is 13.9. The van der Waals surface area contributed by atoms with Crippen molar-refractivity contribution in [2.24, 2.45) is 0 Å². The molecule has 1 unspecified atom stereocenters. The third-order valence-electron chi connectivity index (χ3n) is 3.29. The molecule has 0 radical (unpaired) electrons. The Hall–Kier alpha value is -1.69. The molecule has 18 heavy (non-hydrogen) atoms. The fourth-order valence-corrected chi connectivity index (χ4v) is 2.11. The van der Waals surface area contributed by atoms with Crippen LogP contribution >= 0.6 is 0 Å². The summed E-state index contributed by atoms with van der Waals surface area (Å²) in [6.07, 6.45) is 2.33. The lowest BCUT2D eigenvalue weighted by atomic mass is 10.1. The summed E-state index contributed by atoms with van der Waals surface area (Å²) < 4.78 is 0. The minimum atomic E-state index is -0.212. The van der Waals surface area contributed by atoms with Crippen LogP contribution in [0.4, 0.5) is 5.82 Å². The number of amides is 1. The van der Waals surface area contributed by atoms with E-state index in [-0.39, 0.29) is 5.91 Å². The monoisotopic (exact) mass is 249 g/mol. The van der Waals surface area contributed by atoms with Crippen LogP contribution in [0.5, 0.6) is 0 Å². The van der Waals surface area contributed by atoms with Gasteiger partial charge < -0.3 is 15.5 Å². The fourth-order valence-electron chi connectivity index (χ4n) is 2.11. The molecule has 6 heteroatoms. The molecule has 1 fully saturated rings. The molecule has 2 heterocycles. The Kier molecular flexibility index (Phi) is 4.09. The minimum absolute atomic E-state index is 0.212. The van der Waals surface area contributed by atoms with Crippen LogP contribution in [-0.4, -0.2) is 49.3 Å². The Morgan fingerprint density at radius 1 is 1.50 bits per heavy atom. The zero-order valence-electron chi connectivity index (χ0n) is 10.8. The van der Waals surface area contributed by atoms with E-state index in [1.807, 2.05) is 13.1 Å². The Morgan fingerprint density at radius 2 is 2.33 bits per heavy atom. The smallest absolute Gasteiger partial charge is 0.271 e. The fraction of sp³-hybridized carbons (Fsp3) is 0.583. The highest BCUT2D eigenvalue weighted by molar-refractivity contribution is 5.91. The number of carbonyl (C=O) groups excluding carboxylic acids is 1. The van der Waals surface area contributed by atoms with E-state index in [0.717, 1.165) is 25.3 Å². The molecule has 0 spiro atoms. The summed E-state index contributed by atoms with van der Waals surface area (Å²) in [5.74, 6) is 0.590. The van der Waals surface area contributed by atoms with Gasteiger partial charge in [-0.05, 0) is 31.5 Å². The molecular formula is C12H19N5O. The van der Waals surface area contributed by atoms with Gasteiger partial charge in [0.2, 0.25) is 0 Å². The summed E-state index contributed by atoms with van der Waals surface area (Å²) in [4.78, 5) is 13.5.